The molecule has 1 aliphatic rings. The van der Waals surface area contributed by atoms with Crippen molar-refractivity contribution < 1.29 is 9.47 Å². The number of nitrogens with zero attached hydrogens (tertiary/aromatic N) is 1. The van der Waals surface area contributed by atoms with Crippen LogP contribution in [0.3, 0.4) is 0 Å². The first-order valence-electron chi connectivity index (χ1n) is 7.02. The highest BCUT2D eigenvalue weighted by molar-refractivity contribution is 5.72. The molecule has 1 aromatic rings. The molecule has 4 nitrogen and oxygen atoms in total. The van der Waals surface area contributed by atoms with Gasteiger partial charge in [0.05, 0.1) is 24.6 Å². The van der Waals surface area contributed by atoms with E-state index in [9.17, 15) is 0 Å². The van der Waals surface area contributed by atoms with E-state index in [1.54, 1.807) is 7.11 Å². The number of nitrogens with two attached hydrogens (primary N) is 1. The maximum absolute atomic E-state index is 6.11. The molecule has 0 radical (unpaired) electrons. The van der Waals surface area contributed by atoms with Crippen molar-refractivity contribution in [2.45, 2.75) is 19.3 Å². The molecular weight excluding hydrogens is 240 g/mol. The van der Waals surface area contributed by atoms with Crippen molar-refractivity contribution in [2.75, 3.05) is 50.7 Å². The summed E-state index contributed by atoms with van der Waals surface area (Å²) in [6, 6.07) is 6.23. The smallest absolute Gasteiger partial charge is 0.0700 e. The van der Waals surface area contributed by atoms with Crippen LogP contribution in [0.4, 0.5) is 11.4 Å². The minimum Gasteiger partial charge on any atom is -0.397 e. The van der Waals surface area contributed by atoms with E-state index >= 15 is 0 Å². The van der Waals surface area contributed by atoms with E-state index in [1.807, 2.05) is 12.1 Å². The summed E-state index contributed by atoms with van der Waals surface area (Å²) in [5.41, 5.74) is 9.64. The molecule has 1 aromatic carbocycles. The second kappa shape index (κ2) is 7.36. The number of ether oxygens (including phenoxy) is 2. The van der Waals surface area contributed by atoms with Crippen molar-refractivity contribution in [3.63, 3.8) is 0 Å². The van der Waals surface area contributed by atoms with Gasteiger partial charge in [0.15, 0.2) is 0 Å². The molecule has 2 rings (SSSR count). The molecule has 0 atom stereocenters. The number of rotatable bonds is 7. The standard InChI is InChI=1S/C15H24N2O2/c1-18-11-12-19-10-4-9-17-8-3-6-13-5-2-7-14(16)15(13)17/h2,5,7H,3-4,6,8-12,16H2,1H3. The molecule has 0 fully saturated rings. The largest absolute Gasteiger partial charge is 0.397 e. The van der Waals surface area contributed by atoms with Gasteiger partial charge in [0.2, 0.25) is 0 Å². The summed E-state index contributed by atoms with van der Waals surface area (Å²) in [6.07, 6.45) is 3.37. The van der Waals surface area contributed by atoms with Crippen molar-refractivity contribution in [2.24, 2.45) is 0 Å². The molecule has 0 unspecified atom stereocenters. The number of nitrogen functional groups attached to an aromatic ring is 1. The van der Waals surface area contributed by atoms with Gasteiger partial charge in [-0.05, 0) is 30.9 Å². The summed E-state index contributed by atoms with van der Waals surface area (Å²) in [5, 5.41) is 0. The molecular formula is C15H24N2O2. The first-order valence-corrected chi connectivity index (χ1v) is 7.02. The first-order chi connectivity index (χ1) is 9.33. The molecule has 0 bridgehead atoms. The predicted molar refractivity (Wildman–Crippen MR) is 78.7 cm³/mol. The van der Waals surface area contributed by atoms with E-state index in [4.69, 9.17) is 15.2 Å². The number of hydrogen-bond acceptors (Lipinski definition) is 4. The highest BCUT2D eigenvalue weighted by Gasteiger charge is 2.18. The van der Waals surface area contributed by atoms with Crippen molar-refractivity contribution >= 4 is 11.4 Å². The minimum absolute atomic E-state index is 0.666. The maximum Gasteiger partial charge on any atom is 0.0700 e. The van der Waals surface area contributed by atoms with Crippen LogP contribution in [0.15, 0.2) is 18.2 Å². The van der Waals surface area contributed by atoms with Crippen LogP contribution in [-0.2, 0) is 15.9 Å². The summed E-state index contributed by atoms with van der Waals surface area (Å²) in [4.78, 5) is 2.40. The Morgan fingerprint density at radius 3 is 3.00 bits per heavy atom. The van der Waals surface area contributed by atoms with Crippen LogP contribution >= 0.6 is 0 Å². The van der Waals surface area contributed by atoms with Gasteiger partial charge in [-0.2, -0.15) is 0 Å². The van der Waals surface area contributed by atoms with Gasteiger partial charge in [-0.25, -0.2) is 0 Å². The molecule has 1 heterocycles. The van der Waals surface area contributed by atoms with Gasteiger partial charge in [-0.15, -0.1) is 0 Å². The number of aryl methyl sites for hydroxylation is 1. The van der Waals surface area contributed by atoms with Crippen molar-refractivity contribution in [3.05, 3.63) is 23.8 Å². The van der Waals surface area contributed by atoms with E-state index in [-0.39, 0.29) is 0 Å². The molecule has 0 aromatic heterocycles. The fourth-order valence-electron chi connectivity index (χ4n) is 2.60. The van der Waals surface area contributed by atoms with Crippen LogP contribution in [0, 0.1) is 0 Å². The first kappa shape index (κ1) is 14.2. The van der Waals surface area contributed by atoms with Crippen LogP contribution in [-0.4, -0.2) is 40.0 Å². The minimum atomic E-state index is 0.666. The van der Waals surface area contributed by atoms with Gasteiger partial charge in [0, 0.05) is 26.8 Å². The lowest BCUT2D eigenvalue weighted by atomic mass is 10.0. The lowest BCUT2D eigenvalue weighted by molar-refractivity contribution is 0.0700. The predicted octanol–water partition coefficient (Wildman–Crippen LogP) is 2.07. The highest BCUT2D eigenvalue weighted by Crippen LogP contribution is 2.32. The number of benzene rings is 1. The molecule has 0 amide bonds. The van der Waals surface area contributed by atoms with Gasteiger partial charge in [0.25, 0.3) is 0 Å². The maximum atomic E-state index is 6.11. The molecule has 106 valence electrons. The molecule has 19 heavy (non-hydrogen) atoms. The van der Waals surface area contributed by atoms with Crippen LogP contribution in [0.5, 0.6) is 0 Å². The molecule has 2 N–H and O–H groups in total. The number of methoxy groups -OCH3 is 1. The third-order valence-electron chi connectivity index (χ3n) is 3.49. The average molecular weight is 264 g/mol. The Hall–Kier alpha value is -1.26. The lowest BCUT2D eigenvalue weighted by Crippen LogP contribution is -2.31. The second-order valence-corrected chi connectivity index (χ2v) is 4.90. The van der Waals surface area contributed by atoms with E-state index in [0.717, 1.165) is 38.2 Å². The Morgan fingerprint density at radius 2 is 2.16 bits per heavy atom. The SMILES string of the molecule is COCCOCCCN1CCCc2cccc(N)c21. The van der Waals surface area contributed by atoms with Gasteiger partial charge in [-0.1, -0.05) is 12.1 Å². The van der Waals surface area contributed by atoms with Crippen LogP contribution < -0.4 is 10.6 Å². The normalized spacial score (nSPS) is 14.5. The summed E-state index contributed by atoms with van der Waals surface area (Å²) < 4.78 is 10.4. The van der Waals surface area contributed by atoms with Crippen LogP contribution in [0.1, 0.15) is 18.4 Å². The summed E-state index contributed by atoms with van der Waals surface area (Å²) in [5.74, 6) is 0. The van der Waals surface area contributed by atoms with Gasteiger partial charge >= 0.3 is 0 Å². The van der Waals surface area contributed by atoms with E-state index in [1.165, 1.54) is 17.7 Å². The quantitative estimate of drug-likeness (QED) is 0.605. The molecule has 0 spiro atoms. The summed E-state index contributed by atoms with van der Waals surface area (Å²) in [6.45, 7) is 4.23. The van der Waals surface area contributed by atoms with Crippen LogP contribution in [0.25, 0.3) is 0 Å². The van der Waals surface area contributed by atoms with E-state index in [0.29, 0.717) is 13.2 Å². The average Bonchev–Trinajstić information content (AvgIpc) is 2.43. The second-order valence-electron chi connectivity index (χ2n) is 4.90. The van der Waals surface area contributed by atoms with Crippen molar-refractivity contribution in [1.82, 2.24) is 0 Å². The molecule has 0 saturated heterocycles. The van der Waals surface area contributed by atoms with Gasteiger partial charge < -0.3 is 20.1 Å². The zero-order chi connectivity index (χ0) is 13.5. The zero-order valence-electron chi connectivity index (χ0n) is 11.7. The number of anilines is 2. The van der Waals surface area contributed by atoms with E-state index < -0.39 is 0 Å². The Kier molecular flexibility index (Phi) is 5.48. The Morgan fingerprint density at radius 1 is 1.26 bits per heavy atom. The fraction of sp³-hybridized carbons (Fsp3) is 0.600. The van der Waals surface area contributed by atoms with Crippen molar-refractivity contribution in [3.8, 4) is 0 Å². The topological polar surface area (TPSA) is 47.7 Å². The Labute approximate surface area is 115 Å². The monoisotopic (exact) mass is 264 g/mol. The Balaban J connectivity index is 1.83. The van der Waals surface area contributed by atoms with Gasteiger partial charge in [-0.3, -0.25) is 0 Å². The summed E-state index contributed by atoms with van der Waals surface area (Å²) in [7, 11) is 1.69. The lowest BCUT2D eigenvalue weighted by Gasteiger charge is -2.32. The van der Waals surface area contributed by atoms with Crippen molar-refractivity contribution in [1.29, 1.82) is 0 Å². The fourth-order valence-corrected chi connectivity index (χ4v) is 2.60. The molecule has 0 saturated carbocycles. The third kappa shape index (κ3) is 3.85. The highest BCUT2D eigenvalue weighted by atomic mass is 16.5. The molecule has 4 heteroatoms. The number of fused-ring (bicyclic) bond motifs is 1. The van der Waals surface area contributed by atoms with Gasteiger partial charge in [0.1, 0.15) is 0 Å². The van der Waals surface area contributed by atoms with Crippen LogP contribution in [0.2, 0.25) is 0 Å². The zero-order valence-corrected chi connectivity index (χ0v) is 11.7. The number of para-hydroxylation sites is 1. The molecule has 0 aliphatic carbocycles. The third-order valence-corrected chi connectivity index (χ3v) is 3.49. The summed E-state index contributed by atoms with van der Waals surface area (Å²) >= 11 is 0. The Bertz CT molecular complexity index is 396. The van der Waals surface area contributed by atoms with E-state index in [2.05, 4.69) is 11.0 Å². The number of hydrogen-bond donors (Lipinski definition) is 1. The molecule has 1 aliphatic heterocycles.